The Morgan fingerprint density at radius 1 is 1.17 bits per heavy atom. The van der Waals surface area contributed by atoms with Crippen molar-refractivity contribution >= 4 is 5.97 Å². The summed E-state index contributed by atoms with van der Waals surface area (Å²) in [5.74, 6) is -4.58. The number of aliphatic hydroxyl groups is 1. The third-order valence-electron chi connectivity index (χ3n) is 5.73. The Balaban J connectivity index is 1.57. The molecule has 0 spiro atoms. The molecule has 1 aliphatic rings. The average molecular weight is 417 g/mol. The second-order valence-corrected chi connectivity index (χ2v) is 8.14. The molecule has 2 atom stereocenters. The van der Waals surface area contributed by atoms with E-state index in [-0.39, 0.29) is 19.4 Å². The van der Waals surface area contributed by atoms with Gasteiger partial charge in [-0.15, -0.1) is 0 Å². The lowest BCUT2D eigenvalue weighted by Gasteiger charge is -2.32. The minimum Gasteiger partial charge on any atom is -0.463 e. The molecule has 1 N–H and O–H groups in total. The van der Waals surface area contributed by atoms with Crippen molar-refractivity contribution in [3.8, 4) is 0 Å². The van der Waals surface area contributed by atoms with Crippen LogP contribution in [-0.4, -0.2) is 42.1 Å². The Bertz CT molecular complexity index is 816. The lowest BCUT2D eigenvalue weighted by atomic mass is 9.80. The number of rotatable bonds is 9. The van der Waals surface area contributed by atoms with Gasteiger partial charge in [0.05, 0.1) is 6.61 Å². The predicted molar refractivity (Wildman–Crippen MR) is 111 cm³/mol. The number of hydrogen-bond acceptors (Lipinski definition) is 4. The Morgan fingerprint density at radius 3 is 2.40 bits per heavy atom. The molecule has 0 heterocycles. The van der Waals surface area contributed by atoms with E-state index in [4.69, 9.17) is 4.74 Å². The third-order valence-corrected chi connectivity index (χ3v) is 5.73. The summed E-state index contributed by atoms with van der Waals surface area (Å²) in [5, 5.41) is 11.3. The fourth-order valence-corrected chi connectivity index (χ4v) is 4.10. The Morgan fingerprint density at radius 2 is 1.80 bits per heavy atom. The first-order valence-electron chi connectivity index (χ1n) is 10.4. The molecule has 1 aliphatic carbocycles. The highest BCUT2D eigenvalue weighted by Crippen LogP contribution is 2.47. The summed E-state index contributed by atoms with van der Waals surface area (Å²) in [5.41, 5.74) is -0.562. The predicted octanol–water partition coefficient (Wildman–Crippen LogP) is 4.37. The van der Waals surface area contributed by atoms with Gasteiger partial charge in [-0.3, -0.25) is 0 Å². The van der Waals surface area contributed by atoms with Gasteiger partial charge in [0.25, 0.3) is 0 Å². The maximum Gasteiger partial charge on any atom is 0.343 e. The quantitative estimate of drug-likeness (QED) is 0.486. The van der Waals surface area contributed by atoms with Crippen LogP contribution in [0.15, 0.2) is 60.7 Å². The molecule has 0 radical (unpaired) electrons. The molecule has 3 rings (SSSR count). The first kappa shape index (κ1) is 22.4. The van der Waals surface area contributed by atoms with Crippen LogP contribution >= 0.6 is 0 Å². The number of carbonyl (C=O) groups excluding carboxylic acids is 1. The number of alkyl halides is 2. The topological polar surface area (TPSA) is 49.8 Å². The van der Waals surface area contributed by atoms with Crippen molar-refractivity contribution in [1.82, 2.24) is 4.90 Å². The number of halogens is 2. The van der Waals surface area contributed by atoms with Crippen molar-refractivity contribution in [3.63, 3.8) is 0 Å². The van der Waals surface area contributed by atoms with Crippen molar-refractivity contribution in [2.75, 3.05) is 20.2 Å². The SMILES string of the molecule is CN(CCCOC(=O)[C@](O)(c1ccccc1)[C@@H]1CCC(F)(F)C1)Cc1ccccc1. The molecule has 0 unspecified atom stereocenters. The second-order valence-electron chi connectivity index (χ2n) is 8.14. The summed E-state index contributed by atoms with van der Waals surface area (Å²) < 4.78 is 33.0. The molecular weight excluding hydrogens is 388 g/mol. The van der Waals surface area contributed by atoms with E-state index in [1.165, 1.54) is 5.56 Å². The van der Waals surface area contributed by atoms with E-state index in [1.807, 2.05) is 37.4 Å². The zero-order chi connectivity index (χ0) is 21.6. The van der Waals surface area contributed by atoms with Gasteiger partial charge in [0.2, 0.25) is 5.92 Å². The molecule has 0 bridgehead atoms. The summed E-state index contributed by atoms with van der Waals surface area (Å²) in [4.78, 5) is 15.0. The standard InChI is InChI=1S/C24H29F2NO3/c1-27(18-19-9-4-2-5-10-19)15-8-16-30-22(28)24(29,20-11-6-3-7-12-20)21-13-14-23(25,26)17-21/h2-7,9-12,21,29H,8,13-18H2,1H3/t21-,24+/m1/s1. The fraction of sp³-hybridized carbons (Fsp3) is 0.458. The molecule has 0 aliphatic heterocycles. The van der Waals surface area contributed by atoms with Gasteiger partial charge in [0.1, 0.15) is 0 Å². The van der Waals surface area contributed by atoms with Gasteiger partial charge in [-0.1, -0.05) is 60.7 Å². The highest BCUT2D eigenvalue weighted by atomic mass is 19.3. The van der Waals surface area contributed by atoms with Crippen LogP contribution in [0, 0.1) is 5.92 Å². The van der Waals surface area contributed by atoms with Crippen LogP contribution in [0.25, 0.3) is 0 Å². The van der Waals surface area contributed by atoms with Gasteiger partial charge in [-0.05, 0) is 31.0 Å². The van der Waals surface area contributed by atoms with Crippen LogP contribution in [0.4, 0.5) is 8.78 Å². The smallest absolute Gasteiger partial charge is 0.343 e. The summed E-state index contributed by atoms with van der Waals surface area (Å²) >= 11 is 0. The van der Waals surface area contributed by atoms with Gasteiger partial charge in [-0.2, -0.15) is 0 Å². The van der Waals surface area contributed by atoms with Crippen LogP contribution in [-0.2, 0) is 21.7 Å². The number of ether oxygens (including phenoxy) is 1. The minimum atomic E-state index is -2.87. The lowest BCUT2D eigenvalue weighted by Crippen LogP contribution is -2.44. The van der Waals surface area contributed by atoms with Gasteiger partial charge in [0, 0.05) is 31.8 Å². The van der Waals surface area contributed by atoms with Crippen LogP contribution in [0.3, 0.4) is 0 Å². The number of nitrogens with zero attached hydrogens (tertiary/aromatic N) is 1. The fourth-order valence-electron chi connectivity index (χ4n) is 4.10. The normalized spacial score (nSPS) is 20.1. The molecule has 0 aromatic heterocycles. The zero-order valence-corrected chi connectivity index (χ0v) is 17.3. The van der Waals surface area contributed by atoms with E-state index >= 15 is 0 Å². The molecule has 2 aromatic rings. The highest BCUT2D eigenvalue weighted by Gasteiger charge is 2.54. The second kappa shape index (κ2) is 9.67. The monoisotopic (exact) mass is 417 g/mol. The van der Waals surface area contributed by atoms with Crippen molar-refractivity contribution < 1.29 is 23.4 Å². The number of benzene rings is 2. The Kier molecular flexibility index (Phi) is 7.21. The van der Waals surface area contributed by atoms with Gasteiger partial charge in [0.15, 0.2) is 5.60 Å². The van der Waals surface area contributed by atoms with Crippen molar-refractivity contribution in [2.24, 2.45) is 5.92 Å². The van der Waals surface area contributed by atoms with Crippen LogP contribution in [0.5, 0.6) is 0 Å². The van der Waals surface area contributed by atoms with Gasteiger partial charge < -0.3 is 14.7 Å². The van der Waals surface area contributed by atoms with Gasteiger partial charge in [-0.25, -0.2) is 13.6 Å². The van der Waals surface area contributed by atoms with E-state index in [0.717, 1.165) is 6.54 Å². The molecule has 1 saturated carbocycles. The molecule has 0 amide bonds. The summed E-state index contributed by atoms with van der Waals surface area (Å²) in [6.07, 6.45) is -0.189. The molecule has 4 nitrogen and oxygen atoms in total. The summed E-state index contributed by atoms with van der Waals surface area (Å²) in [6, 6.07) is 18.3. The summed E-state index contributed by atoms with van der Waals surface area (Å²) in [6.45, 7) is 1.60. The molecule has 162 valence electrons. The summed E-state index contributed by atoms with van der Waals surface area (Å²) in [7, 11) is 1.98. The van der Waals surface area contributed by atoms with E-state index < -0.39 is 29.8 Å². The molecule has 1 fully saturated rings. The van der Waals surface area contributed by atoms with E-state index in [0.29, 0.717) is 18.5 Å². The first-order valence-corrected chi connectivity index (χ1v) is 10.4. The molecule has 6 heteroatoms. The van der Waals surface area contributed by atoms with Crippen molar-refractivity contribution in [1.29, 1.82) is 0 Å². The lowest BCUT2D eigenvalue weighted by molar-refractivity contribution is -0.175. The van der Waals surface area contributed by atoms with Gasteiger partial charge >= 0.3 is 5.97 Å². The van der Waals surface area contributed by atoms with Crippen molar-refractivity contribution in [2.45, 2.75) is 43.8 Å². The number of hydrogen-bond donors (Lipinski definition) is 1. The van der Waals surface area contributed by atoms with E-state index in [2.05, 4.69) is 4.90 Å². The van der Waals surface area contributed by atoms with Crippen LogP contribution < -0.4 is 0 Å². The average Bonchev–Trinajstić information content (AvgIpc) is 3.12. The molecule has 2 aromatic carbocycles. The van der Waals surface area contributed by atoms with Crippen molar-refractivity contribution in [3.05, 3.63) is 71.8 Å². The number of carbonyl (C=O) groups is 1. The Labute approximate surface area is 176 Å². The van der Waals surface area contributed by atoms with Crippen LogP contribution in [0.1, 0.15) is 36.8 Å². The molecule has 30 heavy (non-hydrogen) atoms. The largest absolute Gasteiger partial charge is 0.463 e. The Hall–Kier alpha value is -2.31. The van der Waals surface area contributed by atoms with Crippen LogP contribution in [0.2, 0.25) is 0 Å². The van der Waals surface area contributed by atoms with E-state index in [9.17, 15) is 18.7 Å². The first-order chi connectivity index (χ1) is 14.3. The zero-order valence-electron chi connectivity index (χ0n) is 17.3. The number of esters is 1. The highest BCUT2D eigenvalue weighted by molar-refractivity contribution is 5.81. The molecular formula is C24H29F2NO3. The maximum atomic E-state index is 13.8. The van der Waals surface area contributed by atoms with E-state index in [1.54, 1.807) is 30.3 Å². The molecule has 0 saturated heterocycles. The third kappa shape index (κ3) is 5.43. The minimum absolute atomic E-state index is 0.0767. The maximum absolute atomic E-state index is 13.8.